The standard InChI is InChI=1S/C19H19N5O2/c1-11-4-3-5-12(2)17(11)23-18(25)15-10-16(26-24-15)13-6-8-14(9-7-13)22-19(20)21/h3-10H,1-2H3,(H,23,25)(H4,20,21,22). The Morgan fingerprint density at radius 3 is 2.35 bits per heavy atom. The molecule has 7 heteroatoms. The Balaban J connectivity index is 1.79. The van der Waals surface area contributed by atoms with E-state index in [9.17, 15) is 4.79 Å². The van der Waals surface area contributed by atoms with Crippen molar-refractivity contribution < 1.29 is 9.32 Å². The van der Waals surface area contributed by atoms with Crippen molar-refractivity contribution in [1.82, 2.24) is 5.16 Å². The molecule has 1 aromatic heterocycles. The lowest BCUT2D eigenvalue weighted by Crippen LogP contribution is -2.21. The maximum absolute atomic E-state index is 12.5. The maximum atomic E-state index is 12.5. The normalized spacial score (nSPS) is 10.4. The molecule has 0 radical (unpaired) electrons. The lowest BCUT2D eigenvalue weighted by atomic mass is 10.1. The van der Waals surface area contributed by atoms with E-state index in [1.54, 1.807) is 30.3 Å². The topological polar surface area (TPSA) is 120 Å². The molecule has 0 fully saturated rings. The number of aryl methyl sites for hydroxylation is 2. The van der Waals surface area contributed by atoms with Crippen LogP contribution in [-0.2, 0) is 0 Å². The molecule has 0 atom stereocenters. The summed E-state index contributed by atoms with van der Waals surface area (Å²) in [7, 11) is 0. The molecule has 0 spiro atoms. The number of carbonyl (C=O) groups is 1. The van der Waals surface area contributed by atoms with Crippen LogP contribution in [0, 0.1) is 13.8 Å². The number of guanidine groups is 1. The van der Waals surface area contributed by atoms with Gasteiger partial charge in [-0.1, -0.05) is 23.4 Å². The molecule has 5 N–H and O–H groups in total. The van der Waals surface area contributed by atoms with Gasteiger partial charge in [-0.15, -0.1) is 0 Å². The summed E-state index contributed by atoms with van der Waals surface area (Å²) >= 11 is 0. The molecule has 0 aliphatic carbocycles. The first-order chi connectivity index (χ1) is 12.4. The minimum absolute atomic E-state index is 0.0112. The first-order valence-corrected chi connectivity index (χ1v) is 7.98. The van der Waals surface area contributed by atoms with Gasteiger partial charge in [-0.2, -0.15) is 0 Å². The fourth-order valence-electron chi connectivity index (χ4n) is 2.56. The number of nitrogens with one attached hydrogen (secondary N) is 1. The molecular formula is C19H19N5O2. The Bertz CT molecular complexity index is 950. The lowest BCUT2D eigenvalue weighted by Gasteiger charge is -2.09. The summed E-state index contributed by atoms with van der Waals surface area (Å²) in [4.78, 5) is 16.4. The molecule has 2 aromatic carbocycles. The SMILES string of the molecule is Cc1cccc(C)c1NC(=O)c1cc(-c2ccc(N=C(N)N)cc2)on1. The number of aliphatic imine (C=N–C) groups is 1. The van der Waals surface area contributed by atoms with Crippen LogP contribution in [0.2, 0.25) is 0 Å². The van der Waals surface area contributed by atoms with Gasteiger partial charge in [0.15, 0.2) is 17.4 Å². The molecule has 3 rings (SSSR count). The van der Waals surface area contributed by atoms with E-state index < -0.39 is 0 Å². The molecule has 132 valence electrons. The number of amides is 1. The Morgan fingerprint density at radius 1 is 1.08 bits per heavy atom. The summed E-state index contributed by atoms with van der Waals surface area (Å²) in [6.45, 7) is 3.88. The summed E-state index contributed by atoms with van der Waals surface area (Å²) in [5.74, 6) is 0.144. The number of nitrogens with two attached hydrogens (primary N) is 2. The predicted octanol–water partition coefficient (Wildman–Crippen LogP) is 3.12. The van der Waals surface area contributed by atoms with E-state index in [-0.39, 0.29) is 17.6 Å². The predicted molar refractivity (Wildman–Crippen MR) is 101 cm³/mol. The van der Waals surface area contributed by atoms with Crippen molar-refractivity contribution in [3.63, 3.8) is 0 Å². The van der Waals surface area contributed by atoms with Gasteiger partial charge in [-0.3, -0.25) is 4.79 Å². The number of aromatic nitrogens is 1. The molecule has 1 amide bonds. The van der Waals surface area contributed by atoms with Gasteiger partial charge in [0.2, 0.25) is 0 Å². The van der Waals surface area contributed by atoms with Crippen LogP contribution in [0.4, 0.5) is 11.4 Å². The average molecular weight is 349 g/mol. The van der Waals surface area contributed by atoms with E-state index in [0.717, 1.165) is 22.4 Å². The highest BCUT2D eigenvalue weighted by Crippen LogP contribution is 2.25. The summed E-state index contributed by atoms with van der Waals surface area (Å²) < 4.78 is 5.29. The third-order valence-electron chi connectivity index (χ3n) is 3.87. The number of rotatable bonds is 4. The van der Waals surface area contributed by atoms with Crippen molar-refractivity contribution in [3.05, 3.63) is 65.4 Å². The third-order valence-corrected chi connectivity index (χ3v) is 3.87. The van der Waals surface area contributed by atoms with E-state index in [2.05, 4.69) is 15.5 Å². The fourth-order valence-corrected chi connectivity index (χ4v) is 2.56. The Kier molecular flexibility index (Phi) is 4.70. The molecule has 0 bridgehead atoms. The van der Waals surface area contributed by atoms with E-state index in [4.69, 9.17) is 16.0 Å². The van der Waals surface area contributed by atoms with Crippen LogP contribution in [-0.4, -0.2) is 17.0 Å². The zero-order valence-corrected chi connectivity index (χ0v) is 14.5. The van der Waals surface area contributed by atoms with Crippen LogP contribution in [0.15, 0.2) is 58.0 Å². The summed E-state index contributed by atoms with van der Waals surface area (Å²) in [5, 5.41) is 6.75. The molecule has 0 unspecified atom stereocenters. The van der Waals surface area contributed by atoms with Crippen LogP contribution < -0.4 is 16.8 Å². The number of hydrogen-bond donors (Lipinski definition) is 3. The molecule has 1 heterocycles. The molecular weight excluding hydrogens is 330 g/mol. The molecule has 0 saturated carbocycles. The lowest BCUT2D eigenvalue weighted by molar-refractivity contribution is 0.101. The molecule has 0 aliphatic heterocycles. The second-order valence-electron chi connectivity index (χ2n) is 5.88. The van der Waals surface area contributed by atoms with E-state index >= 15 is 0 Å². The number of benzene rings is 2. The first kappa shape index (κ1) is 17.2. The number of carbonyl (C=O) groups excluding carboxylic acids is 1. The van der Waals surface area contributed by atoms with Gasteiger partial charge >= 0.3 is 0 Å². The summed E-state index contributed by atoms with van der Waals surface area (Å²) in [6, 6.07) is 14.5. The molecule has 0 aliphatic rings. The van der Waals surface area contributed by atoms with Gasteiger partial charge in [0, 0.05) is 17.3 Å². The quantitative estimate of drug-likeness (QED) is 0.494. The monoisotopic (exact) mass is 349 g/mol. The Labute approximate surface area is 150 Å². The average Bonchev–Trinajstić information content (AvgIpc) is 3.08. The van der Waals surface area contributed by atoms with Gasteiger partial charge in [-0.05, 0) is 49.2 Å². The van der Waals surface area contributed by atoms with Crippen molar-refractivity contribution in [2.45, 2.75) is 13.8 Å². The molecule has 26 heavy (non-hydrogen) atoms. The molecule has 3 aromatic rings. The van der Waals surface area contributed by atoms with E-state index in [0.29, 0.717) is 11.4 Å². The van der Waals surface area contributed by atoms with E-state index in [1.807, 2.05) is 32.0 Å². The largest absolute Gasteiger partial charge is 0.370 e. The first-order valence-electron chi connectivity index (χ1n) is 7.98. The van der Waals surface area contributed by atoms with Gasteiger partial charge in [0.05, 0.1) is 5.69 Å². The number of para-hydroxylation sites is 1. The maximum Gasteiger partial charge on any atom is 0.277 e. The number of hydrogen-bond acceptors (Lipinski definition) is 4. The Hall–Kier alpha value is -3.61. The highest BCUT2D eigenvalue weighted by atomic mass is 16.5. The molecule has 7 nitrogen and oxygen atoms in total. The second-order valence-corrected chi connectivity index (χ2v) is 5.88. The van der Waals surface area contributed by atoms with E-state index in [1.165, 1.54) is 0 Å². The summed E-state index contributed by atoms with van der Waals surface area (Å²) in [6.07, 6.45) is 0. The second kappa shape index (κ2) is 7.10. The minimum Gasteiger partial charge on any atom is -0.370 e. The highest BCUT2D eigenvalue weighted by molar-refractivity contribution is 6.04. The van der Waals surface area contributed by atoms with Crippen LogP contribution in [0.5, 0.6) is 0 Å². The van der Waals surface area contributed by atoms with Crippen LogP contribution in [0.3, 0.4) is 0 Å². The van der Waals surface area contributed by atoms with Gasteiger partial charge in [0.1, 0.15) is 0 Å². The van der Waals surface area contributed by atoms with Crippen molar-refractivity contribution >= 4 is 23.2 Å². The van der Waals surface area contributed by atoms with Crippen molar-refractivity contribution in [2.75, 3.05) is 5.32 Å². The van der Waals surface area contributed by atoms with Gasteiger partial charge < -0.3 is 21.3 Å². The van der Waals surface area contributed by atoms with Crippen molar-refractivity contribution in [1.29, 1.82) is 0 Å². The number of anilines is 1. The third kappa shape index (κ3) is 3.72. The highest BCUT2D eigenvalue weighted by Gasteiger charge is 2.15. The molecule has 0 saturated heterocycles. The van der Waals surface area contributed by atoms with Gasteiger partial charge in [-0.25, -0.2) is 4.99 Å². The zero-order valence-electron chi connectivity index (χ0n) is 14.5. The van der Waals surface area contributed by atoms with Crippen molar-refractivity contribution in [3.8, 4) is 11.3 Å². The van der Waals surface area contributed by atoms with Crippen LogP contribution in [0.1, 0.15) is 21.6 Å². The van der Waals surface area contributed by atoms with Crippen LogP contribution in [0.25, 0.3) is 11.3 Å². The smallest absolute Gasteiger partial charge is 0.277 e. The van der Waals surface area contributed by atoms with Gasteiger partial charge in [0.25, 0.3) is 5.91 Å². The minimum atomic E-state index is -0.325. The zero-order chi connectivity index (χ0) is 18.7. The fraction of sp³-hybridized carbons (Fsp3) is 0.105. The number of nitrogens with zero attached hydrogens (tertiary/aromatic N) is 2. The van der Waals surface area contributed by atoms with Crippen molar-refractivity contribution in [2.24, 2.45) is 16.5 Å². The summed E-state index contributed by atoms with van der Waals surface area (Å²) in [5.41, 5.74) is 15.0. The Morgan fingerprint density at radius 2 is 1.73 bits per heavy atom. The van der Waals surface area contributed by atoms with Crippen LogP contribution >= 0.6 is 0 Å².